The number of rotatable bonds is 6. The van der Waals surface area contributed by atoms with Crippen LogP contribution in [0.1, 0.15) is 59.6 Å². The molecule has 1 amide bonds. The topological polar surface area (TPSA) is 37.4 Å². The lowest BCUT2D eigenvalue weighted by atomic mass is 9.87. The van der Waals surface area contributed by atoms with Crippen LogP contribution < -0.4 is 0 Å². The quantitative estimate of drug-likeness (QED) is 0.790. The summed E-state index contributed by atoms with van der Waals surface area (Å²) in [6.45, 7) is 14.5. The van der Waals surface area contributed by atoms with Gasteiger partial charge in [-0.15, -0.1) is 0 Å². The van der Waals surface area contributed by atoms with Crippen molar-refractivity contribution in [2.45, 2.75) is 71.7 Å². The second-order valence-corrected chi connectivity index (χ2v) is 9.12. The van der Waals surface area contributed by atoms with Gasteiger partial charge in [-0.1, -0.05) is 45.0 Å². The number of hydrogen-bond acceptors (Lipinski definition) is 2. The van der Waals surface area contributed by atoms with Gasteiger partial charge in [-0.25, -0.2) is 0 Å². The number of nitrogens with zero attached hydrogens (tertiary/aromatic N) is 1. The summed E-state index contributed by atoms with van der Waals surface area (Å²) in [6.07, 6.45) is 0. The van der Waals surface area contributed by atoms with Crippen molar-refractivity contribution >= 4 is 16.7 Å². The molecule has 0 N–H and O–H groups in total. The molecule has 0 spiro atoms. The molecule has 130 valence electrons. The monoisotopic (exact) mass is 337 g/mol. The summed E-state index contributed by atoms with van der Waals surface area (Å²) in [7, 11) is -1.17. The van der Waals surface area contributed by atoms with E-state index in [0.29, 0.717) is 5.75 Å². The van der Waals surface area contributed by atoms with Gasteiger partial charge in [-0.05, 0) is 44.2 Å². The van der Waals surface area contributed by atoms with Crippen molar-refractivity contribution in [1.29, 1.82) is 0 Å². The molecule has 1 rings (SSSR count). The summed E-state index contributed by atoms with van der Waals surface area (Å²) < 4.78 is 12.3. The van der Waals surface area contributed by atoms with E-state index < -0.39 is 10.8 Å². The molecule has 4 heteroatoms. The molecule has 3 nitrogen and oxygen atoms in total. The molecular formula is C19H31NO2S. The Labute approximate surface area is 143 Å². The molecule has 0 aliphatic heterocycles. The minimum atomic E-state index is -1.17. The first-order valence-electron chi connectivity index (χ1n) is 8.28. The Kier molecular flexibility index (Phi) is 7.00. The van der Waals surface area contributed by atoms with Crippen LogP contribution in [0.2, 0.25) is 0 Å². The van der Waals surface area contributed by atoms with Crippen LogP contribution in [0, 0.1) is 0 Å². The lowest BCUT2D eigenvalue weighted by Gasteiger charge is -2.30. The predicted octanol–water partition coefficient (Wildman–Crippen LogP) is 3.88. The van der Waals surface area contributed by atoms with Gasteiger partial charge in [0.2, 0.25) is 5.91 Å². The molecule has 0 fully saturated rings. The number of hydrogen-bond donors (Lipinski definition) is 0. The van der Waals surface area contributed by atoms with Crippen LogP contribution in [0.4, 0.5) is 0 Å². The highest BCUT2D eigenvalue weighted by atomic mass is 32.2. The number of benzene rings is 1. The van der Waals surface area contributed by atoms with Crippen LogP contribution >= 0.6 is 0 Å². The molecule has 0 heterocycles. The minimum Gasteiger partial charge on any atom is -0.337 e. The third-order valence-corrected chi connectivity index (χ3v) is 5.06. The van der Waals surface area contributed by atoms with Crippen molar-refractivity contribution in [2.75, 3.05) is 5.75 Å². The maximum Gasteiger partial charge on any atom is 0.235 e. The summed E-state index contributed by atoms with van der Waals surface area (Å²) in [5.74, 6) is 0.497. The van der Waals surface area contributed by atoms with Gasteiger partial charge in [0.15, 0.2) is 0 Å². The molecule has 1 aromatic carbocycles. The van der Waals surface area contributed by atoms with Gasteiger partial charge in [0, 0.05) is 28.6 Å². The molecule has 0 saturated heterocycles. The number of carbonyl (C=O) groups excluding carboxylic acids is 1. The lowest BCUT2D eigenvalue weighted by molar-refractivity contribution is -0.131. The Balaban J connectivity index is 2.68. The van der Waals surface area contributed by atoms with Crippen LogP contribution in [0.5, 0.6) is 0 Å². The Morgan fingerprint density at radius 1 is 1.04 bits per heavy atom. The highest BCUT2D eigenvalue weighted by Gasteiger charge is 2.22. The summed E-state index contributed by atoms with van der Waals surface area (Å²) >= 11 is 0. The fourth-order valence-corrected chi connectivity index (χ4v) is 3.81. The minimum absolute atomic E-state index is 0.0281. The third kappa shape index (κ3) is 6.09. The zero-order valence-electron chi connectivity index (χ0n) is 15.6. The second-order valence-electron chi connectivity index (χ2n) is 7.66. The standard InChI is InChI=1S/C19H31NO2S/c1-14(2)20(15(3)4)18(21)13-23(22)12-16-8-10-17(11-9-16)19(5,6)7/h8-11,14-15H,12-13H2,1-7H3. The first-order chi connectivity index (χ1) is 10.5. The summed E-state index contributed by atoms with van der Waals surface area (Å²) in [5.41, 5.74) is 2.39. The van der Waals surface area contributed by atoms with Gasteiger partial charge in [-0.3, -0.25) is 9.00 Å². The highest BCUT2D eigenvalue weighted by Crippen LogP contribution is 2.22. The first kappa shape index (κ1) is 19.9. The van der Waals surface area contributed by atoms with Crippen molar-refractivity contribution in [3.8, 4) is 0 Å². The molecule has 1 aromatic rings. The van der Waals surface area contributed by atoms with Crippen LogP contribution in [-0.4, -0.2) is 32.9 Å². The smallest absolute Gasteiger partial charge is 0.235 e. The second kappa shape index (κ2) is 8.09. The zero-order chi connectivity index (χ0) is 17.8. The van der Waals surface area contributed by atoms with Gasteiger partial charge in [0.1, 0.15) is 5.75 Å². The van der Waals surface area contributed by atoms with Crippen LogP contribution in [0.25, 0.3) is 0 Å². The van der Waals surface area contributed by atoms with Crippen molar-refractivity contribution < 1.29 is 9.00 Å². The van der Waals surface area contributed by atoms with E-state index in [1.54, 1.807) is 4.90 Å². The van der Waals surface area contributed by atoms with E-state index >= 15 is 0 Å². The van der Waals surface area contributed by atoms with E-state index in [0.717, 1.165) is 5.56 Å². The summed E-state index contributed by atoms with van der Waals surface area (Å²) in [4.78, 5) is 14.2. The summed E-state index contributed by atoms with van der Waals surface area (Å²) in [5, 5.41) is 0. The van der Waals surface area contributed by atoms with Crippen LogP contribution in [0.3, 0.4) is 0 Å². The number of carbonyl (C=O) groups is 1. The van der Waals surface area contributed by atoms with Crippen molar-refractivity contribution in [2.24, 2.45) is 0 Å². The molecule has 0 bridgehead atoms. The average Bonchev–Trinajstić information content (AvgIpc) is 2.36. The van der Waals surface area contributed by atoms with E-state index in [1.807, 2.05) is 39.8 Å². The molecule has 23 heavy (non-hydrogen) atoms. The van der Waals surface area contributed by atoms with Crippen molar-refractivity contribution in [1.82, 2.24) is 4.90 Å². The Morgan fingerprint density at radius 3 is 1.91 bits per heavy atom. The Morgan fingerprint density at radius 2 is 1.52 bits per heavy atom. The third-order valence-electron chi connectivity index (χ3n) is 3.83. The van der Waals surface area contributed by atoms with E-state index in [1.165, 1.54) is 5.56 Å². The lowest BCUT2D eigenvalue weighted by Crippen LogP contribution is -2.44. The maximum atomic E-state index is 12.3. The van der Waals surface area contributed by atoms with Crippen LogP contribution in [-0.2, 0) is 26.8 Å². The average molecular weight is 338 g/mol. The molecule has 0 aromatic heterocycles. The molecule has 1 atom stereocenters. The Hall–Kier alpha value is -1.16. The van der Waals surface area contributed by atoms with Gasteiger partial charge in [0.05, 0.1) is 0 Å². The van der Waals surface area contributed by atoms with Crippen LogP contribution in [0.15, 0.2) is 24.3 Å². The van der Waals surface area contributed by atoms with Crippen molar-refractivity contribution in [3.05, 3.63) is 35.4 Å². The largest absolute Gasteiger partial charge is 0.337 e. The van der Waals surface area contributed by atoms with E-state index in [2.05, 4.69) is 32.9 Å². The molecule has 1 unspecified atom stereocenters. The Bertz CT molecular complexity index is 533. The van der Waals surface area contributed by atoms with Gasteiger partial charge < -0.3 is 4.90 Å². The predicted molar refractivity (Wildman–Crippen MR) is 99.0 cm³/mol. The molecule has 0 aliphatic carbocycles. The molecular weight excluding hydrogens is 306 g/mol. The van der Waals surface area contributed by atoms with Gasteiger partial charge >= 0.3 is 0 Å². The molecule has 0 aliphatic rings. The fraction of sp³-hybridized carbons (Fsp3) is 0.632. The summed E-state index contributed by atoms with van der Waals surface area (Å²) in [6, 6.07) is 8.47. The zero-order valence-corrected chi connectivity index (χ0v) is 16.4. The normalized spacial score (nSPS) is 13.4. The first-order valence-corrected chi connectivity index (χ1v) is 9.76. The maximum absolute atomic E-state index is 12.3. The van der Waals surface area contributed by atoms with E-state index in [9.17, 15) is 9.00 Å². The SMILES string of the molecule is CC(C)N(C(=O)CS(=O)Cc1ccc(C(C)(C)C)cc1)C(C)C. The van der Waals surface area contributed by atoms with E-state index in [-0.39, 0.29) is 29.2 Å². The van der Waals surface area contributed by atoms with Gasteiger partial charge in [-0.2, -0.15) is 0 Å². The number of amides is 1. The molecule has 0 saturated carbocycles. The van der Waals surface area contributed by atoms with Crippen molar-refractivity contribution in [3.63, 3.8) is 0 Å². The highest BCUT2D eigenvalue weighted by molar-refractivity contribution is 7.84. The molecule has 0 radical (unpaired) electrons. The van der Waals surface area contributed by atoms with E-state index in [4.69, 9.17) is 0 Å². The van der Waals surface area contributed by atoms with Gasteiger partial charge in [0.25, 0.3) is 0 Å². The fourth-order valence-electron chi connectivity index (χ4n) is 2.72.